The molecule has 48 heavy (non-hydrogen) atoms. The molecule has 0 amide bonds. The summed E-state index contributed by atoms with van der Waals surface area (Å²) in [5.74, 6) is 4.18. The fourth-order valence-electron chi connectivity index (χ4n) is 8.88. The highest BCUT2D eigenvalue weighted by atomic mass is 16.5. The quantitative estimate of drug-likeness (QED) is 0.230. The molecule has 0 unspecified atom stereocenters. The Morgan fingerprint density at radius 1 is 0.500 bits per heavy atom. The minimum Gasteiger partial charge on any atom is -0.458 e. The number of benzene rings is 6. The predicted molar refractivity (Wildman–Crippen MR) is 196 cm³/mol. The van der Waals surface area contributed by atoms with Gasteiger partial charge in [-0.3, -0.25) is 4.90 Å². The molecule has 6 heterocycles. The molecule has 8 aromatic rings. The van der Waals surface area contributed by atoms with Crippen molar-refractivity contribution >= 4 is 85.2 Å². The second kappa shape index (κ2) is 8.78. The molecule has 5 nitrogen and oxygen atoms in total. The predicted octanol–water partition coefficient (Wildman–Crippen LogP) is 5.52. The lowest BCUT2D eigenvalue weighted by molar-refractivity contribution is 0.468. The maximum Gasteiger partial charge on any atom is 0.258 e. The second-order valence-electron chi connectivity index (χ2n) is 13.0. The van der Waals surface area contributed by atoms with Gasteiger partial charge in [-0.05, 0) is 81.3 Å². The Bertz CT molecular complexity index is 2720. The molecule has 0 bridgehead atoms. The van der Waals surface area contributed by atoms with E-state index in [1.165, 1.54) is 38.4 Å². The number of aromatic nitrogens is 2. The standard InChI is InChI=1S/C41H23B2N3O2/c1-2-11-24(12-3-1)45-32-18-9-21-35-37(32)42(27-15-5-7-20-34(27)47-35)29-23-30-41(44-40(29)45)48-36-22-10-19-33-38(36)43(30)28-16-8-14-26-25-13-4-6-17-31(25)46(33)39(26)28/h1-23H. The summed E-state index contributed by atoms with van der Waals surface area (Å²) in [6.45, 7) is -0.0773. The van der Waals surface area contributed by atoms with Crippen molar-refractivity contribution in [1.29, 1.82) is 0 Å². The molecule has 7 heteroatoms. The van der Waals surface area contributed by atoms with Crippen LogP contribution in [0.1, 0.15) is 0 Å². The summed E-state index contributed by atoms with van der Waals surface area (Å²) in [5, 5.41) is 2.53. The van der Waals surface area contributed by atoms with Crippen molar-refractivity contribution in [2.45, 2.75) is 0 Å². The Morgan fingerprint density at radius 3 is 2.08 bits per heavy atom. The maximum absolute atomic E-state index is 6.86. The van der Waals surface area contributed by atoms with Gasteiger partial charge in [0.2, 0.25) is 5.88 Å². The van der Waals surface area contributed by atoms with Gasteiger partial charge in [0, 0.05) is 33.4 Å². The average Bonchev–Trinajstić information content (AvgIpc) is 3.48. The minimum atomic E-state index is -0.0450. The van der Waals surface area contributed by atoms with Crippen LogP contribution in [0.4, 0.5) is 17.2 Å². The van der Waals surface area contributed by atoms with Crippen LogP contribution in [-0.4, -0.2) is 23.0 Å². The molecule has 0 fully saturated rings. The third kappa shape index (κ3) is 2.98. The Balaban J connectivity index is 1.19. The SMILES string of the molecule is c1ccc(N2c3cccc4c3B(c3ccccc3O4)c3cc4c(nc32)Oc2cccc3c2B4c2cccc4c5ccccc5n-3c24)cc1. The molecular weight excluding hydrogens is 588 g/mol. The van der Waals surface area contributed by atoms with Gasteiger partial charge in [0.05, 0.1) is 5.52 Å². The van der Waals surface area contributed by atoms with Crippen LogP contribution >= 0.6 is 0 Å². The highest BCUT2D eigenvalue weighted by Crippen LogP contribution is 2.42. The van der Waals surface area contributed by atoms with E-state index in [1.807, 2.05) is 6.07 Å². The first kappa shape index (κ1) is 25.0. The molecule has 0 aliphatic carbocycles. The average molecular weight is 611 g/mol. The van der Waals surface area contributed by atoms with Crippen molar-refractivity contribution in [2.24, 2.45) is 0 Å². The van der Waals surface area contributed by atoms with Crippen LogP contribution in [0, 0.1) is 0 Å². The molecule has 12 rings (SSSR count). The van der Waals surface area contributed by atoms with Gasteiger partial charge < -0.3 is 14.0 Å². The van der Waals surface area contributed by atoms with Crippen molar-refractivity contribution in [3.8, 4) is 28.8 Å². The summed E-state index contributed by atoms with van der Waals surface area (Å²) in [7, 11) is 0. The lowest BCUT2D eigenvalue weighted by Crippen LogP contribution is -2.63. The van der Waals surface area contributed by atoms with E-state index >= 15 is 0 Å². The molecule has 0 saturated heterocycles. The molecular formula is C41H23B2N3O2. The van der Waals surface area contributed by atoms with Crippen LogP contribution in [0.2, 0.25) is 0 Å². The normalized spacial score (nSPS) is 14.0. The molecule has 4 aliphatic rings. The molecule has 0 spiro atoms. The number of rotatable bonds is 1. The van der Waals surface area contributed by atoms with Crippen LogP contribution in [0.15, 0.2) is 140 Å². The van der Waals surface area contributed by atoms with Gasteiger partial charge >= 0.3 is 0 Å². The monoisotopic (exact) mass is 611 g/mol. The highest BCUT2D eigenvalue weighted by Gasteiger charge is 2.46. The number of fused-ring (bicyclic) bond motifs is 11. The van der Waals surface area contributed by atoms with Crippen LogP contribution < -0.4 is 47.2 Å². The molecule has 0 saturated carbocycles. The molecule has 0 radical (unpaired) electrons. The topological polar surface area (TPSA) is 39.5 Å². The van der Waals surface area contributed by atoms with Crippen molar-refractivity contribution in [3.63, 3.8) is 0 Å². The van der Waals surface area contributed by atoms with E-state index in [4.69, 9.17) is 14.5 Å². The molecule has 2 aromatic heterocycles. The van der Waals surface area contributed by atoms with Crippen LogP contribution in [-0.2, 0) is 0 Å². The van der Waals surface area contributed by atoms with Gasteiger partial charge in [-0.2, -0.15) is 4.98 Å². The van der Waals surface area contributed by atoms with E-state index in [1.54, 1.807) is 0 Å². The van der Waals surface area contributed by atoms with Crippen molar-refractivity contribution in [2.75, 3.05) is 4.90 Å². The number of anilines is 3. The molecule has 0 N–H and O–H groups in total. The Labute approximate surface area is 276 Å². The van der Waals surface area contributed by atoms with Crippen molar-refractivity contribution in [3.05, 3.63) is 140 Å². The van der Waals surface area contributed by atoms with Gasteiger partial charge in [0.15, 0.2) is 0 Å². The van der Waals surface area contributed by atoms with E-state index in [-0.39, 0.29) is 13.4 Å². The van der Waals surface area contributed by atoms with Crippen LogP contribution in [0.5, 0.6) is 23.1 Å². The summed E-state index contributed by atoms with van der Waals surface area (Å²) >= 11 is 0. The molecule has 4 aliphatic heterocycles. The minimum absolute atomic E-state index is 0.0323. The molecule has 0 atom stereocenters. The lowest BCUT2D eigenvalue weighted by atomic mass is 9.31. The third-order valence-electron chi connectivity index (χ3n) is 10.7. The number of pyridine rings is 1. The lowest BCUT2D eigenvalue weighted by Gasteiger charge is -2.40. The molecule has 220 valence electrons. The van der Waals surface area contributed by atoms with Gasteiger partial charge in [0.1, 0.15) is 23.1 Å². The van der Waals surface area contributed by atoms with E-state index in [9.17, 15) is 0 Å². The highest BCUT2D eigenvalue weighted by molar-refractivity contribution is 7.02. The van der Waals surface area contributed by atoms with E-state index in [0.717, 1.165) is 56.3 Å². The van der Waals surface area contributed by atoms with Gasteiger partial charge in [0.25, 0.3) is 13.4 Å². The summed E-state index contributed by atoms with van der Waals surface area (Å²) in [6, 6.07) is 49.6. The summed E-state index contributed by atoms with van der Waals surface area (Å²) in [6.07, 6.45) is 0. The Kier molecular flexibility index (Phi) is 4.56. The number of ether oxygens (including phenoxy) is 2. The zero-order valence-electron chi connectivity index (χ0n) is 25.6. The molecule has 6 aromatic carbocycles. The number of para-hydroxylation sites is 4. The first-order valence-corrected chi connectivity index (χ1v) is 16.5. The fraction of sp³-hybridized carbons (Fsp3) is 0. The smallest absolute Gasteiger partial charge is 0.258 e. The third-order valence-corrected chi connectivity index (χ3v) is 10.7. The van der Waals surface area contributed by atoms with Gasteiger partial charge in [-0.15, -0.1) is 0 Å². The van der Waals surface area contributed by atoms with Crippen LogP contribution in [0.3, 0.4) is 0 Å². The zero-order chi connectivity index (χ0) is 31.1. The van der Waals surface area contributed by atoms with Crippen LogP contribution in [0.25, 0.3) is 27.5 Å². The van der Waals surface area contributed by atoms with E-state index in [0.29, 0.717) is 5.88 Å². The van der Waals surface area contributed by atoms with Crippen molar-refractivity contribution < 1.29 is 9.47 Å². The first-order valence-electron chi connectivity index (χ1n) is 16.5. The number of nitrogens with zero attached hydrogens (tertiary/aromatic N) is 3. The maximum atomic E-state index is 6.86. The summed E-state index contributed by atoms with van der Waals surface area (Å²) in [5.41, 5.74) is 12.8. The first-order chi connectivity index (χ1) is 23.8. The van der Waals surface area contributed by atoms with Gasteiger partial charge in [-0.25, -0.2) is 0 Å². The summed E-state index contributed by atoms with van der Waals surface area (Å²) in [4.78, 5) is 7.78. The Morgan fingerprint density at radius 2 is 1.17 bits per heavy atom. The number of hydrogen-bond acceptors (Lipinski definition) is 4. The van der Waals surface area contributed by atoms with Gasteiger partial charge in [-0.1, -0.05) is 91.0 Å². The van der Waals surface area contributed by atoms with E-state index in [2.05, 4.69) is 143 Å². The van der Waals surface area contributed by atoms with E-state index < -0.39 is 0 Å². The Hall–Kier alpha value is -6.20. The second-order valence-corrected chi connectivity index (χ2v) is 13.0. The largest absolute Gasteiger partial charge is 0.458 e. The fourth-order valence-corrected chi connectivity index (χ4v) is 8.88. The zero-order valence-corrected chi connectivity index (χ0v) is 25.6. The van der Waals surface area contributed by atoms with Crippen molar-refractivity contribution in [1.82, 2.24) is 9.55 Å². The summed E-state index contributed by atoms with van der Waals surface area (Å²) < 4.78 is 15.9. The number of hydrogen-bond donors (Lipinski definition) is 0.